The van der Waals surface area contributed by atoms with E-state index in [9.17, 15) is 38.3 Å². The van der Waals surface area contributed by atoms with Crippen LogP contribution in [0, 0.1) is 12.7 Å². The summed E-state index contributed by atoms with van der Waals surface area (Å²) in [5.41, 5.74) is 5.92. The fraction of sp³-hybridized carbons (Fsp3) is 0.367. The van der Waals surface area contributed by atoms with Crippen molar-refractivity contribution in [3.63, 3.8) is 0 Å². The van der Waals surface area contributed by atoms with Gasteiger partial charge in [-0.2, -0.15) is 11.8 Å². The summed E-state index contributed by atoms with van der Waals surface area (Å²) in [4.78, 5) is 82.7. The van der Waals surface area contributed by atoms with E-state index in [0.717, 1.165) is 38.8 Å². The zero-order valence-corrected chi connectivity index (χ0v) is 39.3. The molecule has 0 spiro atoms. The van der Waals surface area contributed by atoms with Crippen LogP contribution < -0.4 is 26.8 Å². The van der Waals surface area contributed by atoms with E-state index in [4.69, 9.17) is 14.5 Å². The number of amides is 4. The Hall–Kier alpha value is -6.24. The molecule has 350 valence electrons. The number of fused-ring (bicyclic) bond motifs is 8. The molecule has 15 nitrogen and oxygen atoms in total. The number of benzene rings is 3. The van der Waals surface area contributed by atoms with E-state index >= 15 is 0 Å². The van der Waals surface area contributed by atoms with Gasteiger partial charge in [0.2, 0.25) is 17.7 Å². The Morgan fingerprint density at radius 2 is 1.52 bits per heavy atom. The second kappa shape index (κ2) is 19.5. The monoisotopic (exact) mass is 950 g/mol. The zero-order valence-electron chi connectivity index (χ0n) is 37.6. The number of aromatic nitrogens is 2. The molecule has 3 aliphatic rings. The van der Waals surface area contributed by atoms with Gasteiger partial charge in [0.1, 0.15) is 37.2 Å². The van der Waals surface area contributed by atoms with Gasteiger partial charge in [0.25, 0.3) is 5.56 Å². The molecule has 0 saturated carbocycles. The van der Waals surface area contributed by atoms with Crippen LogP contribution in [0.3, 0.4) is 0 Å². The van der Waals surface area contributed by atoms with E-state index in [1.54, 1.807) is 42.3 Å². The molecule has 5 N–H and O–H groups in total. The number of aliphatic hydroxyl groups is 1. The first-order valence-electron chi connectivity index (χ1n) is 22.0. The number of rotatable bonds is 16. The molecule has 0 fully saturated rings. The number of carbonyl (C=O) groups excluding carboxylic acids is 5. The van der Waals surface area contributed by atoms with Gasteiger partial charge in [0, 0.05) is 45.8 Å². The van der Waals surface area contributed by atoms with E-state index < -0.39 is 59.3 Å². The Morgan fingerprint density at radius 3 is 2.19 bits per heavy atom. The van der Waals surface area contributed by atoms with Crippen molar-refractivity contribution < 1.29 is 42.9 Å². The molecule has 0 saturated heterocycles. The predicted molar refractivity (Wildman–Crippen MR) is 254 cm³/mol. The number of halogens is 1. The predicted octanol–water partition coefficient (Wildman–Crippen LogP) is 5.50. The first-order chi connectivity index (χ1) is 32.1. The molecule has 3 aromatic carbocycles. The lowest BCUT2D eigenvalue weighted by Gasteiger charge is -2.31. The molecule has 8 rings (SSSR count). The summed E-state index contributed by atoms with van der Waals surface area (Å²) in [5, 5.41) is 22.6. The molecule has 0 radical (unpaired) electrons. The molecular formula is C49H51FN6O9S2. The van der Waals surface area contributed by atoms with Crippen molar-refractivity contribution in [3.8, 4) is 22.5 Å². The molecular weight excluding hydrogens is 900 g/mol. The van der Waals surface area contributed by atoms with E-state index in [0.29, 0.717) is 39.7 Å². The molecule has 2 aromatic heterocycles. The van der Waals surface area contributed by atoms with Gasteiger partial charge in [-0.05, 0) is 79.6 Å². The molecule has 18 heteroatoms. The molecule has 5 aromatic rings. The highest BCUT2D eigenvalue weighted by atomic mass is 32.2. The number of alkyl carbamates (subject to hydrolysis) is 1. The van der Waals surface area contributed by atoms with Crippen LogP contribution >= 0.6 is 23.5 Å². The highest BCUT2D eigenvalue weighted by molar-refractivity contribution is 8.02. The molecule has 1 aliphatic carbocycles. The van der Waals surface area contributed by atoms with Crippen LogP contribution in [0.15, 0.2) is 71.5 Å². The van der Waals surface area contributed by atoms with Crippen LogP contribution in [-0.4, -0.2) is 86.6 Å². The van der Waals surface area contributed by atoms with E-state index in [1.165, 1.54) is 38.6 Å². The number of hydrogen-bond donors (Lipinski definition) is 5. The van der Waals surface area contributed by atoms with Gasteiger partial charge in [0.15, 0.2) is 5.60 Å². The second-order valence-electron chi connectivity index (χ2n) is 16.9. The van der Waals surface area contributed by atoms with Crippen molar-refractivity contribution in [2.24, 2.45) is 0 Å². The summed E-state index contributed by atoms with van der Waals surface area (Å²) in [6.45, 7) is 7.87. The van der Waals surface area contributed by atoms with Crippen molar-refractivity contribution in [1.82, 2.24) is 30.8 Å². The van der Waals surface area contributed by atoms with Gasteiger partial charge in [-0.25, -0.2) is 19.0 Å². The number of cyclic esters (lactones) is 1. The number of hydrogen-bond acceptors (Lipinski definition) is 12. The quantitative estimate of drug-likeness (QED) is 0.0463. The van der Waals surface area contributed by atoms with Crippen molar-refractivity contribution >= 4 is 64.2 Å². The first kappa shape index (κ1) is 47.3. The largest absolute Gasteiger partial charge is 0.458 e. The maximum atomic E-state index is 14.9. The smallest absolute Gasteiger partial charge is 0.407 e. The van der Waals surface area contributed by atoms with E-state index in [1.807, 2.05) is 48.5 Å². The highest BCUT2D eigenvalue weighted by Gasteiger charge is 2.45. The molecule has 2 aliphatic heterocycles. The number of carbonyl (C=O) groups is 5. The lowest BCUT2D eigenvalue weighted by atomic mass is 9.86. The number of ether oxygens (including phenoxy) is 2. The average molecular weight is 951 g/mol. The lowest BCUT2D eigenvalue weighted by molar-refractivity contribution is -0.172. The Labute approximate surface area is 394 Å². The minimum Gasteiger partial charge on any atom is -0.458 e. The number of esters is 1. The number of aryl methyl sites for hydroxylation is 1. The zero-order chi connectivity index (χ0) is 47.7. The minimum absolute atomic E-state index is 0.0129. The molecule has 4 amide bonds. The summed E-state index contributed by atoms with van der Waals surface area (Å²) in [6, 6.07) is 17.8. The molecule has 4 heterocycles. The summed E-state index contributed by atoms with van der Waals surface area (Å²) in [7, 11) is 0. The van der Waals surface area contributed by atoms with Crippen molar-refractivity contribution in [1.29, 1.82) is 0 Å². The Balaban J connectivity index is 0.783. The van der Waals surface area contributed by atoms with Gasteiger partial charge >= 0.3 is 12.1 Å². The normalized spacial score (nSPS) is 16.9. The summed E-state index contributed by atoms with van der Waals surface area (Å²) in [5.74, 6) is -0.836. The third-order valence-electron chi connectivity index (χ3n) is 12.6. The SMILES string of the molecule is CC[C@@]1(O)C(=O)OCc2c1cc1n(c2=O)Cc2c-1nc1cc(F)c(C)cc1c2CSCCSCNC(=O)[C@@H](C)NC(=O)[C@@H](C)NC(=O)[C@@H](C)NC(=O)OCC1c2ccccc2-c2ccccc21. The second-order valence-corrected chi connectivity index (χ2v) is 19.1. The number of nitrogens with one attached hydrogen (secondary N) is 4. The van der Waals surface area contributed by atoms with Crippen LogP contribution in [-0.2, 0) is 53.2 Å². The topological polar surface area (TPSA) is 207 Å². The van der Waals surface area contributed by atoms with Crippen molar-refractivity contribution in [2.45, 2.75) is 89.6 Å². The summed E-state index contributed by atoms with van der Waals surface area (Å²) < 4.78 is 27.2. The molecule has 67 heavy (non-hydrogen) atoms. The van der Waals surface area contributed by atoms with Crippen LogP contribution in [0.1, 0.15) is 79.0 Å². The molecule has 4 atom stereocenters. The fourth-order valence-corrected chi connectivity index (χ4v) is 10.8. The van der Waals surface area contributed by atoms with Crippen molar-refractivity contribution in [2.75, 3.05) is 24.0 Å². The van der Waals surface area contributed by atoms with Gasteiger partial charge < -0.3 is 40.4 Å². The Kier molecular flexibility index (Phi) is 13.8. The van der Waals surface area contributed by atoms with Crippen molar-refractivity contribution in [3.05, 3.63) is 122 Å². The van der Waals surface area contributed by atoms with Gasteiger partial charge in [-0.3, -0.25) is 19.2 Å². The third-order valence-corrected chi connectivity index (χ3v) is 14.7. The van der Waals surface area contributed by atoms with Crippen LogP contribution in [0.25, 0.3) is 33.4 Å². The maximum absolute atomic E-state index is 14.9. The van der Waals surface area contributed by atoms with E-state index in [2.05, 4.69) is 21.3 Å². The molecule has 0 bridgehead atoms. The third kappa shape index (κ3) is 9.26. The average Bonchev–Trinajstić information content (AvgIpc) is 3.84. The summed E-state index contributed by atoms with van der Waals surface area (Å²) >= 11 is 3.11. The van der Waals surface area contributed by atoms with E-state index in [-0.39, 0.29) is 54.7 Å². The number of nitrogens with zero attached hydrogens (tertiary/aromatic N) is 2. The molecule has 0 unspecified atom stereocenters. The number of pyridine rings is 2. The Bertz CT molecular complexity index is 2850. The number of thioether (sulfide) groups is 2. The minimum atomic E-state index is -1.97. The highest BCUT2D eigenvalue weighted by Crippen LogP contribution is 2.45. The van der Waals surface area contributed by atoms with Gasteiger partial charge in [-0.15, -0.1) is 11.8 Å². The van der Waals surface area contributed by atoms with Gasteiger partial charge in [-0.1, -0.05) is 55.5 Å². The lowest BCUT2D eigenvalue weighted by Crippen LogP contribution is -2.54. The van der Waals surface area contributed by atoms with Crippen LogP contribution in [0.5, 0.6) is 0 Å². The first-order valence-corrected chi connectivity index (χ1v) is 24.4. The standard InChI is InChI=1S/C49H51FN6O9S2/c1-6-49(63)38-18-41-42-34(20-56(41)46(60)36(38)22-64-47(49)61)37(33-17-25(2)39(50)19-40(33)55-42)23-66-15-16-67-24-51-43(57)26(3)52-44(58)27(4)53-45(59)28(5)54-48(62)65-21-35-31-13-9-7-11-29(31)30-12-8-10-14-32(30)35/h7-14,17-19,26-28,35,63H,6,15-16,20-24H2,1-5H3,(H,51,57)(H,52,58)(H,53,59)(H,54,62)/t26-,27-,28-,49+/m1/s1. The van der Waals surface area contributed by atoms with Crippen LogP contribution in [0.2, 0.25) is 0 Å². The Morgan fingerprint density at radius 1 is 0.896 bits per heavy atom. The van der Waals surface area contributed by atoms with Gasteiger partial charge in [0.05, 0.1) is 34.9 Å². The summed E-state index contributed by atoms with van der Waals surface area (Å²) in [6.07, 6.45) is -0.755. The van der Waals surface area contributed by atoms with Crippen LogP contribution in [0.4, 0.5) is 9.18 Å². The fourth-order valence-electron chi connectivity index (χ4n) is 8.79. The maximum Gasteiger partial charge on any atom is 0.407 e.